The monoisotopic (exact) mass is 1610 g/mol. The fraction of sp³-hybridized carbons (Fsp3) is 1.00. The van der Waals surface area contributed by atoms with Gasteiger partial charge in [-0.2, -0.15) is 67.3 Å². The zero-order chi connectivity index (χ0) is 73.7. The molecule has 0 unspecified atom stereocenters. The Balaban J connectivity index is 1.41. The molecule has 22 heterocycles. The molecule has 0 aromatic carbocycles. The second-order valence-electron chi connectivity index (χ2n) is 21.0. The van der Waals surface area contributed by atoms with Crippen LogP contribution in [0.5, 0.6) is 0 Å². The van der Waals surface area contributed by atoms with Gasteiger partial charge in [-0.15, -0.1) is 0 Å². The van der Waals surface area contributed by atoms with Crippen LogP contribution >= 0.6 is 0 Å². The van der Waals surface area contributed by atoms with E-state index in [0.29, 0.717) is 0 Å². The first-order valence-corrected chi connectivity index (χ1v) is 37.3. The lowest BCUT2D eigenvalue weighted by molar-refractivity contribution is -0.401. The van der Waals surface area contributed by atoms with E-state index in [4.69, 9.17) is 56.8 Å². The molecule has 22 rings (SSSR count). The Labute approximate surface area is 549 Å². The van der Waals surface area contributed by atoms with Gasteiger partial charge in [0.15, 0.2) is 43.8 Å². The van der Waals surface area contributed by atoms with Gasteiger partial charge in [0.25, 0.3) is 0 Å². The Morgan fingerprint density at radius 3 is 0.612 bits per heavy atom. The van der Waals surface area contributed by atoms with Crippen LogP contribution in [0.2, 0.25) is 0 Å². The number of aliphatic hydroxyl groups excluding tert-OH is 10. The quantitative estimate of drug-likeness (QED) is 0.0448. The maximum Gasteiger partial charge on any atom is 0.397 e. The highest BCUT2D eigenvalue weighted by atomic mass is 32.3. The normalized spacial score (nSPS) is 42.5. The van der Waals surface area contributed by atoms with Crippen molar-refractivity contribution in [2.75, 3.05) is 39.6 Å². The molecular weight excluding hydrogens is 1550 g/mol. The molecule has 54 nitrogen and oxygen atoms in total. The molecular formula is C36H60O54S8. The lowest BCUT2D eigenvalue weighted by atomic mass is 9.94. The van der Waals surface area contributed by atoms with Crippen LogP contribution in [-0.2, 0) is 173 Å². The van der Waals surface area contributed by atoms with Crippen LogP contribution in [0.1, 0.15) is 0 Å². The summed E-state index contributed by atoms with van der Waals surface area (Å²) in [4.78, 5) is 0. The van der Waals surface area contributed by atoms with Crippen molar-refractivity contribution in [1.29, 1.82) is 0 Å². The van der Waals surface area contributed by atoms with E-state index in [-0.39, 0.29) is 0 Å². The molecule has 576 valence electrons. The van der Waals surface area contributed by atoms with Crippen molar-refractivity contribution in [2.45, 2.75) is 184 Å². The van der Waals surface area contributed by atoms with Crippen LogP contribution in [0, 0.1) is 0 Å². The highest BCUT2D eigenvalue weighted by Crippen LogP contribution is 2.40. The smallest absolute Gasteiger partial charge is 0.387 e. The number of ether oxygens (including phenoxy) is 12. The van der Waals surface area contributed by atoms with Gasteiger partial charge in [-0.25, -0.2) is 33.5 Å². The second kappa shape index (κ2) is 32.0. The predicted octanol–water partition coefficient (Wildman–Crippen LogP) is -14.4. The molecule has 22 aliphatic rings. The fourth-order valence-electron chi connectivity index (χ4n) is 10.2. The van der Waals surface area contributed by atoms with Gasteiger partial charge >= 0.3 is 83.2 Å². The summed E-state index contributed by atoms with van der Waals surface area (Å²) in [5.74, 6) is 0. The van der Waals surface area contributed by atoms with Gasteiger partial charge in [0, 0.05) is 0 Å². The third-order valence-electron chi connectivity index (χ3n) is 14.3. The van der Waals surface area contributed by atoms with Gasteiger partial charge in [0.2, 0.25) is 0 Å². The number of hydrogen-bond acceptors (Lipinski definition) is 46. The van der Waals surface area contributed by atoms with Crippen molar-refractivity contribution < 1.29 is 245 Å². The molecule has 0 amide bonds. The predicted molar refractivity (Wildman–Crippen MR) is 279 cm³/mol. The summed E-state index contributed by atoms with van der Waals surface area (Å²) in [6.45, 7) is -10.5. The number of aliphatic hydroxyl groups is 10. The maximum absolute atomic E-state index is 12.6. The van der Waals surface area contributed by atoms with Crippen molar-refractivity contribution in [3.63, 3.8) is 0 Å². The summed E-state index contributed by atoms with van der Waals surface area (Å²) in [5, 5.41) is 116. The summed E-state index contributed by atoms with van der Waals surface area (Å²) in [6.07, 6.45) is -84.8. The Kier molecular flexibility index (Phi) is 27.2. The zero-order valence-electron chi connectivity index (χ0n) is 47.6. The van der Waals surface area contributed by atoms with Gasteiger partial charge in [0.05, 0.1) is 39.6 Å². The van der Waals surface area contributed by atoms with E-state index in [2.05, 4.69) is 33.5 Å². The molecule has 18 N–H and O–H groups in total. The maximum atomic E-state index is 12.6. The minimum absolute atomic E-state index is 1.65. The van der Waals surface area contributed by atoms with E-state index in [0.717, 1.165) is 0 Å². The van der Waals surface area contributed by atoms with Crippen LogP contribution < -0.4 is 0 Å². The molecule has 12 bridgehead atoms. The molecule has 22 saturated heterocycles. The molecule has 0 aromatic heterocycles. The highest BCUT2D eigenvalue weighted by molar-refractivity contribution is 7.82. The van der Waals surface area contributed by atoms with Gasteiger partial charge in [-0.05, 0) is 0 Å². The summed E-state index contributed by atoms with van der Waals surface area (Å²) >= 11 is 0. The molecule has 62 heteroatoms. The first kappa shape index (κ1) is 83.4. The van der Waals surface area contributed by atoms with E-state index in [1.54, 1.807) is 0 Å². The number of rotatable bonds is 22. The van der Waals surface area contributed by atoms with E-state index in [1.165, 1.54) is 0 Å². The van der Waals surface area contributed by atoms with Crippen LogP contribution in [0.25, 0.3) is 0 Å². The summed E-state index contributed by atoms with van der Waals surface area (Å²) < 4.78 is 372. The zero-order valence-corrected chi connectivity index (χ0v) is 54.1. The lowest BCUT2D eigenvalue weighted by Crippen LogP contribution is -2.69. The lowest BCUT2D eigenvalue weighted by Gasteiger charge is -2.51. The third-order valence-corrected chi connectivity index (χ3v) is 17.8. The largest absolute Gasteiger partial charge is 0.397 e. The van der Waals surface area contributed by atoms with Crippen LogP contribution in [0.3, 0.4) is 0 Å². The van der Waals surface area contributed by atoms with E-state index in [9.17, 15) is 155 Å². The minimum Gasteiger partial charge on any atom is -0.387 e. The van der Waals surface area contributed by atoms with Crippen molar-refractivity contribution >= 4 is 83.2 Å². The van der Waals surface area contributed by atoms with Crippen molar-refractivity contribution in [2.24, 2.45) is 0 Å². The van der Waals surface area contributed by atoms with Gasteiger partial charge < -0.3 is 108 Å². The molecule has 0 radical (unpaired) electrons. The van der Waals surface area contributed by atoms with Gasteiger partial charge in [0.1, 0.15) is 140 Å². The standard InChI is InChI=1S/C36H60O54S8/c37-13-18(42)32-78-7(1-71-91(47,48)49)23(13)83-31-17(41)14(38)24(8(77-31)2-72-92(50,51)52)84-33-19(43)16(40)26(10(79-33)4-74-94(56,57)58)86-35-22(46)29(89-97(65,66)67)28(12(81-35)6-76-96(62,63)64)88-36-30(90-98(68,69)70)21(45)27(11(82-36)5-75-95(59,60)61)87-34-20(44)15(39)25(85-32)9(80-34)3-73-93(53,54)55/h7-46H,1-6H2,(H,47,48,49)(H,50,51,52)(H,53,54,55)(H,56,57,58)(H,59,60,61)(H,62,63,64)(H,65,66,67)(H,68,69,70)/t7-,8-,9-,10-,11-,12-,13-,14-,15-,16-,17-,18-,19-,20-,21+,22-,23-,24-,25-,26-,27-,28-,29-,30-,31-,32-,33-,34-,35-,36-/m1/s1. The Morgan fingerprint density at radius 1 is 0.204 bits per heavy atom. The summed E-state index contributed by atoms with van der Waals surface area (Å²) in [6, 6.07) is 0. The molecule has 22 aliphatic heterocycles. The molecule has 98 heavy (non-hydrogen) atoms. The van der Waals surface area contributed by atoms with Gasteiger partial charge in [-0.1, -0.05) is 0 Å². The van der Waals surface area contributed by atoms with Crippen molar-refractivity contribution in [3.8, 4) is 0 Å². The first-order valence-electron chi connectivity index (χ1n) is 26.4. The third kappa shape index (κ3) is 23.0. The van der Waals surface area contributed by atoms with Crippen LogP contribution in [-0.4, -0.2) is 379 Å². The average Bonchev–Trinajstić information content (AvgIpc) is 0.770. The molecule has 0 aliphatic carbocycles. The molecule has 30 atom stereocenters. The molecule has 22 fully saturated rings. The SMILES string of the molecule is O=S(=O)(O)OC[C@H]1O[C@@H]2O[C@H]3[C@H](O)[C@@H](O)[C@@H](O[C@H]4[C@H](O)[C@@H](OS(=O)(=O)O)[C@@H](O[C@H]5[C@H](OS(=O)(=O)O)[C@@H](O)[C@@H](O[C@H]6[C@H](O)[C@@H](O)[C@@H](O[C@H]7[C@H](O)[C@@H](O)[C@@H](O[C@H]1[C@H](O)[C@H]2O)O[C@@H]7COS(=O)(=O)O)O[C@@H]6COS(=O)(=O)O)O[C@@H]5COS(=O)(=O)O)O[C@@H]4COS(=O)(=O)O)O[C@@H]3COS(=O)(=O)O. The minimum atomic E-state index is -6.22. The van der Waals surface area contributed by atoms with Crippen molar-refractivity contribution in [1.82, 2.24) is 0 Å². The molecule has 0 saturated carbocycles. The highest BCUT2D eigenvalue weighted by Gasteiger charge is 2.61. The Morgan fingerprint density at radius 2 is 0.388 bits per heavy atom. The summed E-state index contributed by atoms with van der Waals surface area (Å²) in [7, 11) is -46.9. The fourth-order valence-corrected chi connectivity index (χ4v) is 13.1. The first-order chi connectivity index (χ1) is 44.7. The topological polar surface area (TPSA) is 822 Å². The van der Waals surface area contributed by atoms with E-state index >= 15 is 0 Å². The van der Waals surface area contributed by atoms with Crippen molar-refractivity contribution in [3.05, 3.63) is 0 Å². The van der Waals surface area contributed by atoms with Gasteiger partial charge in [-0.3, -0.25) is 36.4 Å². The van der Waals surface area contributed by atoms with Crippen LogP contribution in [0.4, 0.5) is 0 Å². The Hall–Kier alpha value is -1.92. The number of hydrogen-bond donors (Lipinski definition) is 18. The van der Waals surface area contributed by atoms with Crippen LogP contribution in [0.15, 0.2) is 0 Å². The van der Waals surface area contributed by atoms with E-state index < -0.39 is 307 Å². The molecule has 0 spiro atoms. The summed E-state index contributed by atoms with van der Waals surface area (Å²) in [5.41, 5.74) is 0. The second-order valence-corrected chi connectivity index (χ2v) is 29.7. The average molecular weight is 1610 g/mol. The van der Waals surface area contributed by atoms with E-state index in [1.807, 2.05) is 0 Å². The molecule has 0 aromatic rings. The Bertz CT molecular complexity index is 3640.